The largest absolute Gasteiger partial charge is 0.325 e. The van der Waals surface area contributed by atoms with Crippen molar-refractivity contribution in [2.24, 2.45) is 0 Å². The van der Waals surface area contributed by atoms with Crippen LogP contribution >= 0.6 is 23.1 Å². The number of aromatic nitrogens is 2. The van der Waals surface area contributed by atoms with E-state index in [0.29, 0.717) is 15.0 Å². The van der Waals surface area contributed by atoms with E-state index in [9.17, 15) is 9.59 Å². The molecule has 2 N–H and O–H groups in total. The van der Waals surface area contributed by atoms with Crippen molar-refractivity contribution in [2.75, 3.05) is 16.4 Å². The molecule has 172 valence electrons. The van der Waals surface area contributed by atoms with Gasteiger partial charge in [0, 0.05) is 11.3 Å². The number of nitrogens with zero attached hydrogens (tertiary/aromatic N) is 2. The second kappa shape index (κ2) is 11.1. The summed E-state index contributed by atoms with van der Waals surface area (Å²) >= 11 is 2.53. The van der Waals surface area contributed by atoms with Gasteiger partial charge in [-0.25, -0.2) is 0 Å². The maximum absolute atomic E-state index is 12.6. The summed E-state index contributed by atoms with van der Waals surface area (Å²) in [6, 6.07) is 23.6. The molecule has 0 aliphatic heterocycles. The van der Waals surface area contributed by atoms with Crippen molar-refractivity contribution in [3.63, 3.8) is 0 Å². The normalized spacial score (nSPS) is 10.6. The van der Waals surface area contributed by atoms with Crippen molar-refractivity contribution in [2.45, 2.75) is 24.6 Å². The standard InChI is InChI=1S/C26H24N4O2S2/c1-17-8-13-22(18(2)14-17)27-23(31)16-33-26-30-29-25(34-26)28-24(32)21-11-9-20(10-12-21)15-19-6-4-3-5-7-19/h3-14H,15-16H2,1-2H3,(H,27,31)(H,28,29,32). The average Bonchev–Trinajstić information content (AvgIpc) is 3.28. The summed E-state index contributed by atoms with van der Waals surface area (Å²) in [6.45, 7) is 3.98. The first-order chi connectivity index (χ1) is 16.5. The van der Waals surface area contributed by atoms with Crippen molar-refractivity contribution >= 4 is 45.7 Å². The molecule has 34 heavy (non-hydrogen) atoms. The SMILES string of the molecule is Cc1ccc(NC(=O)CSc2nnc(NC(=O)c3ccc(Cc4ccccc4)cc3)s2)c(C)c1. The summed E-state index contributed by atoms with van der Waals surface area (Å²) in [7, 11) is 0. The smallest absolute Gasteiger partial charge is 0.257 e. The van der Waals surface area contributed by atoms with Crippen LogP contribution in [0.3, 0.4) is 0 Å². The molecule has 0 fully saturated rings. The van der Waals surface area contributed by atoms with E-state index in [-0.39, 0.29) is 17.6 Å². The number of aryl methyl sites for hydroxylation is 2. The number of benzene rings is 3. The Labute approximate surface area is 206 Å². The lowest BCUT2D eigenvalue weighted by Crippen LogP contribution is -2.14. The van der Waals surface area contributed by atoms with Crippen LogP contribution in [0.15, 0.2) is 77.1 Å². The highest BCUT2D eigenvalue weighted by atomic mass is 32.2. The molecule has 0 spiro atoms. The molecule has 0 aliphatic rings. The molecular formula is C26H24N4O2S2. The first-order valence-electron chi connectivity index (χ1n) is 10.7. The highest BCUT2D eigenvalue weighted by Gasteiger charge is 2.13. The second-order valence-corrected chi connectivity index (χ2v) is 10.0. The van der Waals surface area contributed by atoms with Gasteiger partial charge in [0.15, 0.2) is 4.34 Å². The summed E-state index contributed by atoms with van der Waals surface area (Å²) in [5.41, 5.74) is 5.88. The van der Waals surface area contributed by atoms with Crippen molar-refractivity contribution in [3.05, 3.63) is 101 Å². The Morgan fingerprint density at radius 2 is 1.62 bits per heavy atom. The number of carbonyl (C=O) groups is 2. The number of hydrogen-bond donors (Lipinski definition) is 2. The van der Waals surface area contributed by atoms with Gasteiger partial charge >= 0.3 is 0 Å². The number of thioether (sulfide) groups is 1. The maximum atomic E-state index is 12.6. The molecule has 0 saturated heterocycles. The molecule has 0 atom stereocenters. The number of anilines is 2. The molecule has 1 aromatic heterocycles. The molecule has 0 radical (unpaired) electrons. The fourth-order valence-electron chi connectivity index (χ4n) is 3.36. The first-order valence-corrected chi connectivity index (χ1v) is 12.5. The lowest BCUT2D eigenvalue weighted by molar-refractivity contribution is -0.113. The summed E-state index contributed by atoms with van der Waals surface area (Å²) < 4.78 is 0.615. The molecule has 4 rings (SSSR count). The highest BCUT2D eigenvalue weighted by molar-refractivity contribution is 8.01. The zero-order valence-corrected chi connectivity index (χ0v) is 20.5. The third-order valence-corrected chi connectivity index (χ3v) is 7.05. The van der Waals surface area contributed by atoms with Crippen LogP contribution in [0.5, 0.6) is 0 Å². The first kappa shape index (κ1) is 23.7. The zero-order valence-electron chi connectivity index (χ0n) is 18.9. The van der Waals surface area contributed by atoms with E-state index in [1.165, 1.54) is 28.7 Å². The van der Waals surface area contributed by atoms with E-state index in [1.807, 2.05) is 74.5 Å². The fourth-order valence-corrected chi connectivity index (χ4v) is 4.91. The number of carbonyl (C=O) groups excluding carboxylic acids is 2. The lowest BCUT2D eigenvalue weighted by Gasteiger charge is -2.08. The fraction of sp³-hybridized carbons (Fsp3) is 0.154. The van der Waals surface area contributed by atoms with Crippen LogP contribution in [-0.4, -0.2) is 27.8 Å². The number of hydrogen-bond acceptors (Lipinski definition) is 6. The van der Waals surface area contributed by atoms with Gasteiger partial charge in [0.05, 0.1) is 5.75 Å². The maximum Gasteiger partial charge on any atom is 0.257 e. The molecule has 1 heterocycles. The molecule has 6 nitrogen and oxygen atoms in total. The van der Waals surface area contributed by atoms with Crippen LogP contribution in [0.1, 0.15) is 32.6 Å². The van der Waals surface area contributed by atoms with E-state index >= 15 is 0 Å². The molecule has 4 aromatic rings. The van der Waals surface area contributed by atoms with E-state index < -0.39 is 0 Å². The Bertz CT molecular complexity index is 1290. The Morgan fingerprint density at radius 3 is 2.35 bits per heavy atom. The molecule has 0 aliphatic carbocycles. The third-order valence-electron chi connectivity index (χ3n) is 5.08. The summed E-state index contributed by atoms with van der Waals surface area (Å²) in [4.78, 5) is 24.9. The van der Waals surface area contributed by atoms with Crippen LogP contribution in [0.2, 0.25) is 0 Å². The van der Waals surface area contributed by atoms with Gasteiger partial charge in [-0.3, -0.25) is 14.9 Å². The minimum absolute atomic E-state index is 0.117. The van der Waals surface area contributed by atoms with Crippen molar-refractivity contribution < 1.29 is 9.59 Å². The van der Waals surface area contributed by atoms with E-state index in [0.717, 1.165) is 28.8 Å². The molecule has 8 heteroatoms. The van der Waals surface area contributed by atoms with Gasteiger partial charge in [-0.1, -0.05) is 83.3 Å². The quantitative estimate of drug-likeness (QED) is 0.244. The Hall–Kier alpha value is -3.49. The Kier molecular flexibility index (Phi) is 7.72. The van der Waals surface area contributed by atoms with Crippen molar-refractivity contribution in [3.8, 4) is 0 Å². The molecule has 0 unspecified atom stereocenters. The van der Waals surface area contributed by atoms with Crippen LogP contribution in [0.25, 0.3) is 0 Å². The number of rotatable bonds is 8. The summed E-state index contributed by atoms with van der Waals surface area (Å²) in [6.07, 6.45) is 0.816. The predicted molar refractivity (Wildman–Crippen MR) is 139 cm³/mol. The van der Waals surface area contributed by atoms with E-state index in [4.69, 9.17) is 0 Å². The van der Waals surface area contributed by atoms with Gasteiger partial charge in [-0.05, 0) is 55.2 Å². The van der Waals surface area contributed by atoms with Crippen LogP contribution < -0.4 is 10.6 Å². The number of nitrogens with one attached hydrogen (secondary N) is 2. The van der Waals surface area contributed by atoms with Gasteiger partial charge < -0.3 is 5.32 Å². The average molecular weight is 489 g/mol. The zero-order chi connectivity index (χ0) is 23.9. The van der Waals surface area contributed by atoms with Crippen LogP contribution in [0.4, 0.5) is 10.8 Å². The Balaban J connectivity index is 1.27. The van der Waals surface area contributed by atoms with Crippen molar-refractivity contribution in [1.82, 2.24) is 10.2 Å². The van der Waals surface area contributed by atoms with Crippen LogP contribution in [-0.2, 0) is 11.2 Å². The monoisotopic (exact) mass is 488 g/mol. The minimum Gasteiger partial charge on any atom is -0.325 e. The van der Waals surface area contributed by atoms with Gasteiger partial charge in [0.2, 0.25) is 11.0 Å². The highest BCUT2D eigenvalue weighted by Crippen LogP contribution is 2.26. The molecular weight excluding hydrogens is 464 g/mol. The molecule has 2 amide bonds. The van der Waals surface area contributed by atoms with Crippen molar-refractivity contribution in [1.29, 1.82) is 0 Å². The molecule has 0 saturated carbocycles. The minimum atomic E-state index is -0.244. The third kappa shape index (κ3) is 6.52. The topological polar surface area (TPSA) is 84.0 Å². The van der Waals surface area contributed by atoms with Crippen LogP contribution in [0, 0.1) is 13.8 Å². The Morgan fingerprint density at radius 1 is 0.882 bits per heavy atom. The molecule has 3 aromatic carbocycles. The summed E-state index contributed by atoms with van der Waals surface area (Å²) in [5.74, 6) is -0.154. The predicted octanol–water partition coefficient (Wildman–Crippen LogP) is 5.73. The van der Waals surface area contributed by atoms with E-state index in [2.05, 4.69) is 33.0 Å². The number of amides is 2. The van der Waals surface area contributed by atoms with Gasteiger partial charge in [0.25, 0.3) is 5.91 Å². The van der Waals surface area contributed by atoms with Gasteiger partial charge in [0.1, 0.15) is 0 Å². The molecule has 0 bridgehead atoms. The summed E-state index contributed by atoms with van der Waals surface area (Å²) in [5, 5.41) is 14.2. The lowest BCUT2D eigenvalue weighted by atomic mass is 10.0. The van der Waals surface area contributed by atoms with Gasteiger partial charge in [-0.15, -0.1) is 10.2 Å². The van der Waals surface area contributed by atoms with Gasteiger partial charge in [-0.2, -0.15) is 0 Å². The van der Waals surface area contributed by atoms with E-state index in [1.54, 1.807) is 0 Å². The second-order valence-electron chi connectivity index (χ2n) is 7.84.